The maximum absolute atomic E-state index is 5.82. The number of aryl methyl sites for hydroxylation is 1. The van der Waals surface area contributed by atoms with E-state index in [2.05, 4.69) is 12.6 Å². The first-order valence-electron chi connectivity index (χ1n) is 5.11. The van der Waals surface area contributed by atoms with Gasteiger partial charge in [-0.15, -0.1) is 0 Å². The van der Waals surface area contributed by atoms with Gasteiger partial charge in [-0.25, -0.2) is 0 Å². The van der Waals surface area contributed by atoms with Crippen LogP contribution in [0, 0.1) is 6.92 Å². The minimum absolute atomic E-state index is 0.530. The van der Waals surface area contributed by atoms with Gasteiger partial charge in [-0.2, -0.15) is 0 Å². The molecule has 0 radical (unpaired) electrons. The molecule has 2 rings (SSSR count). The molecule has 0 N–H and O–H groups in total. The molecule has 1 aliphatic heterocycles. The van der Waals surface area contributed by atoms with Crippen molar-refractivity contribution in [2.75, 3.05) is 0 Å². The minimum atomic E-state index is -0.530. The van der Waals surface area contributed by atoms with Crippen molar-refractivity contribution >= 4 is 6.08 Å². The summed E-state index contributed by atoms with van der Waals surface area (Å²) in [5.74, 6) is 0.418. The standard InChI is InChI=1S/C13H16O2/c1-5-10-7-6-9(2)12-11(10)8-14-13(3,4)15-12/h5-7H,1,8H2,2-4H3. The quantitative estimate of drug-likeness (QED) is 0.699. The molecule has 1 aliphatic rings. The lowest BCUT2D eigenvalue weighted by Crippen LogP contribution is -2.36. The zero-order valence-corrected chi connectivity index (χ0v) is 9.46. The highest BCUT2D eigenvalue weighted by atomic mass is 16.7. The molecule has 0 fully saturated rings. The zero-order chi connectivity index (χ0) is 11.1. The van der Waals surface area contributed by atoms with Gasteiger partial charge in [0.25, 0.3) is 0 Å². The third-order valence-electron chi connectivity index (χ3n) is 2.63. The first kappa shape index (κ1) is 10.2. The van der Waals surface area contributed by atoms with E-state index < -0.39 is 5.79 Å². The second-order valence-electron chi connectivity index (χ2n) is 4.27. The van der Waals surface area contributed by atoms with Gasteiger partial charge in [-0.05, 0) is 18.1 Å². The molecule has 0 amide bonds. The summed E-state index contributed by atoms with van der Waals surface area (Å²) >= 11 is 0. The van der Waals surface area contributed by atoms with E-state index in [0.29, 0.717) is 6.61 Å². The molecule has 2 nitrogen and oxygen atoms in total. The van der Waals surface area contributed by atoms with Crippen molar-refractivity contribution in [3.8, 4) is 5.75 Å². The van der Waals surface area contributed by atoms with Crippen molar-refractivity contribution < 1.29 is 9.47 Å². The van der Waals surface area contributed by atoms with Gasteiger partial charge in [0, 0.05) is 19.4 Å². The third-order valence-corrected chi connectivity index (χ3v) is 2.63. The second-order valence-corrected chi connectivity index (χ2v) is 4.27. The first-order valence-corrected chi connectivity index (χ1v) is 5.11. The van der Waals surface area contributed by atoms with Crippen LogP contribution in [0.1, 0.15) is 30.5 Å². The maximum atomic E-state index is 5.82. The van der Waals surface area contributed by atoms with Crippen LogP contribution in [0.25, 0.3) is 6.08 Å². The number of hydrogen-bond donors (Lipinski definition) is 0. The Morgan fingerprint density at radius 2 is 2.13 bits per heavy atom. The highest BCUT2D eigenvalue weighted by molar-refractivity contribution is 5.59. The van der Waals surface area contributed by atoms with Gasteiger partial charge >= 0.3 is 0 Å². The molecule has 1 heterocycles. The molecule has 1 aromatic rings. The smallest absolute Gasteiger partial charge is 0.205 e. The first-order chi connectivity index (χ1) is 7.03. The lowest BCUT2D eigenvalue weighted by Gasteiger charge is -2.34. The van der Waals surface area contributed by atoms with Gasteiger partial charge in [0.2, 0.25) is 5.79 Å². The molecule has 0 spiro atoms. The van der Waals surface area contributed by atoms with Crippen LogP contribution in [0.3, 0.4) is 0 Å². The molecular weight excluding hydrogens is 188 g/mol. The van der Waals surface area contributed by atoms with Gasteiger partial charge in [0.05, 0.1) is 6.61 Å². The fraction of sp³-hybridized carbons (Fsp3) is 0.385. The van der Waals surface area contributed by atoms with Crippen molar-refractivity contribution in [1.82, 2.24) is 0 Å². The van der Waals surface area contributed by atoms with Crippen LogP contribution in [0.5, 0.6) is 5.75 Å². The van der Waals surface area contributed by atoms with Crippen LogP contribution in [-0.2, 0) is 11.3 Å². The van der Waals surface area contributed by atoms with Crippen LogP contribution >= 0.6 is 0 Å². The lowest BCUT2D eigenvalue weighted by atomic mass is 10.0. The molecule has 80 valence electrons. The summed E-state index contributed by atoms with van der Waals surface area (Å²) in [6, 6.07) is 4.10. The molecule has 0 aromatic heterocycles. The minimum Gasteiger partial charge on any atom is -0.462 e. The Labute approximate surface area is 90.5 Å². The van der Waals surface area contributed by atoms with Crippen LogP contribution in [0.15, 0.2) is 18.7 Å². The Hall–Kier alpha value is -1.28. The van der Waals surface area contributed by atoms with Gasteiger partial charge in [-0.3, -0.25) is 0 Å². The van der Waals surface area contributed by atoms with Crippen LogP contribution in [-0.4, -0.2) is 5.79 Å². The average molecular weight is 204 g/mol. The lowest BCUT2D eigenvalue weighted by molar-refractivity contribution is -0.180. The number of rotatable bonds is 1. The summed E-state index contributed by atoms with van der Waals surface area (Å²) in [6.07, 6.45) is 1.84. The van der Waals surface area contributed by atoms with Crippen LogP contribution < -0.4 is 4.74 Å². The van der Waals surface area contributed by atoms with E-state index in [1.165, 1.54) is 0 Å². The van der Waals surface area contributed by atoms with E-state index >= 15 is 0 Å². The van der Waals surface area contributed by atoms with Crippen LogP contribution in [0.2, 0.25) is 0 Å². The molecule has 0 saturated heterocycles. The summed E-state index contributed by atoms with van der Waals surface area (Å²) in [6.45, 7) is 10.3. The topological polar surface area (TPSA) is 18.5 Å². The van der Waals surface area contributed by atoms with Gasteiger partial charge in [-0.1, -0.05) is 24.8 Å². The molecule has 0 atom stereocenters. The third kappa shape index (κ3) is 1.77. The monoisotopic (exact) mass is 204 g/mol. The van der Waals surface area contributed by atoms with Crippen molar-refractivity contribution in [2.45, 2.75) is 33.2 Å². The Kier molecular flexibility index (Phi) is 2.31. The molecule has 15 heavy (non-hydrogen) atoms. The van der Waals surface area contributed by atoms with Crippen LogP contribution in [0.4, 0.5) is 0 Å². The maximum Gasteiger partial charge on any atom is 0.205 e. The van der Waals surface area contributed by atoms with E-state index in [4.69, 9.17) is 9.47 Å². The SMILES string of the molecule is C=Cc1ccc(C)c2c1COC(C)(C)O2. The molecule has 1 aromatic carbocycles. The molecule has 0 unspecified atom stereocenters. The Morgan fingerprint density at radius 1 is 1.40 bits per heavy atom. The molecule has 2 heteroatoms. The number of hydrogen-bond acceptors (Lipinski definition) is 2. The second kappa shape index (κ2) is 3.38. The number of ether oxygens (including phenoxy) is 2. The largest absolute Gasteiger partial charge is 0.462 e. The van der Waals surface area contributed by atoms with Gasteiger partial charge in [0.1, 0.15) is 5.75 Å². The number of fused-ring (bicyclic) bond motifs is 1. The van der Waals surface area contributed by atoms with E-state index in [9.17, 15) is 0 Å². The Bertz CT molecular complexity index is 405. The van der Waals surface area contributed by atoms with E-state index in [1.54, 1.807) is 0 Å². The molecule has 0 aliphatic carbocycles. The molecule has 0 bridgehead atoms. The highest BCUT2D eigenvalue weighted by Gasteiger charge is 2.29. The molecular formula is C13H16O2. The van der Waals surface area contributed by atoms with Crippen molar-refractivity contribution in [1.29, 1.82) is 0 Å². The fourth-order valence-electron chi connectivity index (χ4n) is 1.76. The summed E-state index contributed by atoms with van der Waals surface area (Å²) in [7, 11) is 0. The predicted molar refractivity (Wildman–Crippen MR) is 60.8 cm³/mol. The summed E-state index contributed by atoms with van der Waals surface area (Å²) in [5.41, 5.74) is 3.34. The van der Waals surface area contributed by atoms with E-state index in [1.807, 2.05) is 32.9 Å². The Morgan fingerprint density at radius 3 is 2.80 bits per heavy atom. The summed E-state index contributed by atoms with van der Waals surface area (Å²) < 4.78 is 11.4. The van der Waals surface area contributed by atoms with Crippen molar-refractivity contribution in [2.24, 2.45) is 0 Å². The van der Waals surface area contributed by atoms with Gasteiger partial charge in [0.15, 0.2) is 0 Å². The predicted octanol–water partition coefficient (Wildman–Crippen LogP) is 3.28. The highest BCUT2D eigenvalue weighted by Crippen LogP contribution is 2.36. The van der Waals surface area contributed by atoms with Gasteiger partial charge < -0.3 is 9.47 Å². The fourth-order valence-corrected chi connectivity index (χ4v) is 1.76. The van der Waals surface area contributed by atoms with E-state index in [0.717, 1.165) is 22.4 Å². The van der Waals surface area contributed by atoms with Crippen molar-refractivity contribution in [3.63, 3.8) is 0 Å². The zero-order valence-electron chi connectivity index (χ0n) is 9.46. The Balaban J connectivity index is 2.54. The normalized spacial score (nSPS) is 17.8. The summed E-state index contributed by atoms with van der Waals surface area (Å²) in [4.78, 5) is 0. The van der Waals surface area contributed by atoms with E-state index in [-0.39, 0.29) is 0 Å². The molecule has 0 saturated carbocycles. The number of benzene rings is 1. The van der Waals surface area contributed by atoms with Crippen molar-refractivity contribution in [3.05, 3.63) is 35.4 Å². The average Bonchev–Trinajstić information content (AvgIpc) is 2.18. The summed E-state index contributed by atoms with van der Waals surface area (Å²) in [5, 5.41) is 0.